The quantitative estimate of drug-likeness (QED) is 0.522. The summed E-state index contributed by atoms with van der Waals surface area (Å²) in [6.07, 6.45) is 4.81. The van der Waals surface area contributed by atoms with Gasteiger partial charge in [-0.25, -0.2) is 9.37 Å². The number of nitrogens with one attached hydrogen (secondary N) is 1. The molecule has 0 bridgehead atoms. The van der Waals surface area contributed by atoms with Gasteiger partial charge in [-0.15, -0.1) is 11.3 Å². The molecule has 1 N–H and O–H groups in total. The Balaban J connectivity index is 1.58. The Kier molecular flexibility index (Phi) is 4.65. The van der Waals surface area contributed by atoms with E-state index in [1.165, 1.54) is 11.6 Å². The van der Waals surface area contributed by atoms with E-state index in [-0.39, 0.29) is 11.9 Å². The van der Waals surface area contributed by atoms with Gasteiger partial charge in [-0.1, -0.05) is 0 Å². The van der Waals surface area contributed by atoms with Gasteiger partial charge < -0.3 is 9.88 Å². The van der Waals surface area contributed by atoms with E-state index in [0.717, 1.165) is 27.9 Å². The minimum atomic E-state index is -0.199. The molecule has 1 unspecified atom stereocenters. The first-order valence-corrected chi connectivity index (χ1v) is 9.90. The smallest absolute Gasteiger partial charge is 0.123 e. The van der Waals surface area contributed by atoms with Crippen LogP contribution in [0.15, 0.2) is 52.8 Å². The number of aryl methyl sites for hydroxylation is 1. The first kappa shape index (κ1) is 16.4. The van der Waals surface area contributed by atoms with Gasteiger partial charge in [0.15, 0.2) is 0 Å². The Bertz CT molecular complexity index is 958. The average molecular weight is 372 g/mol. The molecule has 3 heterocycles. The molecule has 0 saturated carbocycles. The van der Waals surface area contributed by atoms with Crippen LogP contribution in [0.3, 0.4) is 0 Å². The van der Waals surface area contributed by atoms with Crippen LogP contribution in [0, 0.1) is 5.82 Å². The van der Waals surface area contributed by atoms with E-state index in [9.17, 15) is 4.39 Å². The number of aromatic nitrogens is 2. The summed E-state index contributed by atoms with van der Waals surface area (Å²) in [5.74, 6) is -0.199. The topological polar surface area (TPSA) is 29.9 Å². The molecule has 25 heavy (non-hydrogen) atoms. The molecule has 0 radical (unpaired) electrons. The van der Waals surface area contributed by atoms with Gasteiger partial charge in [-0.05, 0) is 52.6 Å². The van der Waals surface area contributed by atoms with Crippen LogP contribution in [-0.2, 0) is 20.0 Å². The van der Waals surface area contributed by atoms with Gasteiger partial charge in [0.05, 0.1) is 6.04 Å². The average Bonchev–Trinajstić information content (AvgIpc) is 3.34. The second-order valence-electron chi connectivity index (χ2n) is 6.07. The van der Waals surface area contributed by atoms with Gasteiger partial charge in [0, 0.05) is 42.3 Å². The molecule has 0 aliphatic heterocycles. The molecule has 6 heteroatoms. The lowest BCUT2D eigenvalue weighted by molar-refractivity contribution is 0.529. The molecular weight excluding hydrogens is 353 g/mol. The molecule has 4 rings (SSSR count). The van der Waals surface area contributed by atoms with Crippen LogP contribution in [0.1, 0.15) is 22.2 Å². The summed E-state index contributed by atoms with van der Waals surface area (Å²) in [6.45, 7) is 0.676. The first-order valence-electron chi connectivity index (χ1n) is 8.08. The Labute approximate surface area is 153 Å². The number of hydrogen-bond acceptors (Lipinski definition) is 4. The number of benzene rings is 1. The maximum Gasteiger partial charge on any atom is 0.123 e. The predicted molar refractivity (Wildman–Crippen MR) is 103 cm³/mol. The fraction of sp³-hybridized carbons (Fsp3) is 0.211. The summed E-state index contributed by atoms with van der Waals surface area (Å²) in [6, 6.07) is 7.26. The van der Waals surface area contributed by atoms with Crippen molar-refractivity contribution in [1.82, 2.24) is 14.9 Å². The van der Waals surface area contributed by atoms with Crippen molar-refractivity contribution < 1.29 is 4.39 Å². The minimum absolute atomic E-state index is 0.151. The third kappa shape index (κ3) is 3.51. The highest BCUT2D eigenvalue weighted by atomic mass is 32.1. The summed E-state index contributed by atoms with van der Waals surface area (Å²) < 4.78 is 15.7. The Morgan fingerprint density at radius 2 is 2.20 bits per heavy atom. The van der Waals surface area contributed by atoms with Crippen molar-refractivity contribution in [2.75, 3.05) is 0 Å². The molecule has 128 valence electrons. The van der Waals surface area contributed by atoms with E-state index in [2.05, 4.69) is 33.3 Å². The maximum atomic E-state index is 13.7. The van der Waals surface area contributed by atoms with Crippen LogP contribution in [0.4, 0.5) is 4.39 Å². The second kappa shape index (κ2) is 7.07. The van der Waals surface area contributed by atoms with Crippen LogP contribution in [0.2, 0.25) is 0 Å². The molecule has 4 aromatic rings. The van der Waals surface area contributed by atoms with E-state index in [0.29, 0.717) is 6.54 Å². The second-order valence-corrected chi connectivity index (χ2v) is 7.77. The van der Waals surface area contributed by atoms with Gasteiger partial charge in [0.25, 0.3) is 0 Å². The van der Waals surface area contributed by atoms with Gasteiger partial charge >= 0.3 is 0 Å². The molecule has 3 aromatic heterocycles. The van der Waals surface area contributed by atoms with Crippen LogP contribution in [0.25, 0.3) is 10.9 Å². The lowest BCUT2D eigenvalue weighted by Gasteiger charge is -2.16. The molecule has 1 aromatic carbocycles. The first-order chi connectivity index (χ1) is 12.2. The third-order valence-electron chi connectivity index (χ3n) is 4.34. The number of nitrogens with zero attached hydrogens (tertiary/aromatic N) is 2. The van der Waals surface area contributed by atoms with Crippen molar-refractivity contribution in [1.29, 1.82) is 0 Å². The van der Waals surface area contributed by atoms with E-state index in [4.69, 9.17) is 0 Å². The van der Waals surface area contributed by atoms with Crippen LogP contribution in [0.5, 0.6) is 0 Å². The predicted octanol–water partition coefficient (Wildman–Crippen LogP) is 4.91. The van der Waals surface area contributed by atoms with Crippen molar-refractivity contribution in [3.63, 3.8) is 0 Å². The monoisotopic (exact) mass is 371 g/mol. The highest BCUT2D eigenvalue weighted by molar-refractivity contribution is 7.09. The van der Waals surface area contributed by atoms with Crippen LogP contribution in [-0.4, -0.2) is 9.55 Å². The normalized spacial score (nSPS) is 12.7. The molecule has 0 spiro atoms. The van der Waals surface area contributed by atoms with Crippen molar-refractivity contribution in [2.24, 2.45) is 7.05 Å². The molecule has 0 amide bonds. The van der Waals surface area contributed by atoms with Gasteiger partial charge in [0.2, 0.25) is 0 Å². The van der Waals surface area contributed by atoms with E-state index >= 15 is 0 Å². The van der Waals surface area contributed by atoms with Crippen molar-refractivity contribution in [2.45, 2.75) is 19.0 Å². The Morgan fingerprint density at radius 3 is 2.96 bits per heavy atom. The highest BCUT2D eigenvalue weighted by Gasteiger charge is 2.16. The number of hydrogen-bond donors (Lipinski definition) is 1. The zero-order valence-electron chi connectivity index (χ0n) is 13.8. The molecule has 0 aliphatic rings. The summed E-state index contributed by atoms with van der Waals surface area (Å²) in [5, 5.41) is 11.9. The van der Waals surface area contributed by atoms with Crippen molar-refractivity contribution in [3.8, 4) is 0 Å². The minimum Gasteiger partial charge on any atom is -0.350 e. The summed E-state index contributed by atoms with van der Waals surface area (Å²) >= 11 is 3.37. The zero-order valence-corrected chi connectivity index (χ0v) is 15.4. The largest absolute Gasteiger partial charge is 0.350 e. The molecule has 0 fully saturated rings. The van der Waals surface area contributed by atoms with Crippen molar-refractivity contribution >= 4 is 33.6 Å². The number of thiophene rings is 1. The molecule has 0 saturated heterocycles. The third-order valence-corrected chi connectivity index (χ3v) is 5.96. The fourth-order valence-electron chi connectivity index (χ4n) is 3.12. The maximum absolute atomic E-state index is 13.7. The van der Waals surface area contributed by atoms with E-state index in [1.54, 1.807) is 28.7 Å². The molecule has 3 nitrogen and oxygen atoms in total. The Morgan fingerprint density at radius 1 is 1.28 bits per heavy atom. The van der Waals surface area contributed by atoms with Gasteiger partial charge in [0.1, 0.15) is 10.8 Å². The number of rotatable bonds is 6. The number of thiazole rings is 1. The standard InChI is InChI=1S/C19H18FN3S2/c1-23-11-14(16-9-15(20)2-3-18(16)23)10-22-17(19-21-5-7-25-19)8-13-4-6-24-12-13/h2-7,9,11-12,17,22H,8,10H2,1H3. The van der Waals surface area contributed by atoms with Crippen LogP contribution >= 0.6 is 22.7 Å². The number of halogens is 1. The molecular formula is C19H18FN3S2. The van der Waals surface area contributed by atoms with Crippen LogP contribution < -0.4 is 5.32 Å². The SMILES string of the molecule is Cn1cc(CNC(Cc2ccsc2)c2nccs2)c2cc(F)ccc21. The van der Waals surface area contributed by atoms with E-state index in [1.807, 2.05) is 29.3 Å². The molecule has 0 aliphatic carbocycles. The highest BCUT2D eigenvalue weighted by Crippen LogP contribution is 2.25. The summed E-state index contributed by atoms with van der Waals surface area (Å²) in [4.78, 5) is 4.49. The van der Waals surface area contributed by atoms with Gasteiger partial charge in [-0.2, -0.15) is 11.3 Å². The lowest BCUT2D eigenvalue weighted by Crippen LogP contribution is -2.22. The molecule has 1 atom stereocenters. The number of fused-ring (bicyclic) bond motifs is 1. The van der Waals surface area contributed by atoms with Gasteiger partial charge in [-0.3, -0.25) is 0 Å². The lowest BCUT2D eigenvalue weighted by atomic mass is 10.1. The zero-order chi connectivity index (χ0) is 17.2. The van der Waals surface area contributed by atoms with Crippen molar-refractivity contribution in [3.05, 3.63) is 74.8 Å². The summed E-state index contributed by atoms with van der Waals surface area (Å²) in [5.41, 5.74) is 3.45. The van der Waals surface area contributed by atoms with E-state index < -0.39 is 0 Å². The fourth-order valence-corrected chi connectivity index (χ4v) is 4.51. The summed E-state index contributed by atoms with van der Waals surface area (Å²) in [7, 11) is 1.99. The Hall–Kier alpha value is -2.02.